The highest BCUT2D eigenvalue weighted by Gasteiger charge is 2.26. The molecular formula is C20H21N3O7S2. The van der Waals surface area contributed by atoms with Crippen LogP contribution in [0.4, 0.5) is 5.00 Å². The van der Waals surface area contributed by atoms with Crippen LogP contribution < -0.4 is 11.1 Å². The van der Waals surface area contributed by atoms with Crippen LogP contribution in [0, 0.1) is 0 Å². The Morgan fingerprint density at radius 2 is 1.84 bits per heavy atom. The van der Waals surface area contributed by atoms with Crippen molar-refractivity contribution in [2.75, 3.05) is 38.2 Å². The average Bonchev–Trinajstić information content (AvgIpc) is 3.25. The first-order chi connectivity index (χ1) is 15.3. The Balaban J connectivity index is 1.51. The molecule has 1 aromatic heterocycles. The lowest BCUT2D eigenvalue weighted by Gasteiger charge is -2.26. The molecule has 0 saturated carbocycles. The molecule has 170 valence electrons. The van der Waals surface area contributed by atoms with Crippen molar-refractivity contribution in [3.63, 3.8) is 0 Å². The van der Waals surface area contributed by atoms with E-state index in [4.69, 9.17) is 15.2 Å². The molecule has 1 saturated heterocycles. The molecule has 0 bridgehead atoms. The van der Waals surface area contributed by atoms with Gasteiger partial charge in [0.15, 0.2) is 6.61 Å². The molecule has 2 aromatic rings. The van der Waals surface area contributed by atoms with Crippen LogP contribution in [0.15, 0.2) is 46.7 Å². The number of esters is 1. The average molecular weight is 480 g/mol. The van der Waals surface area contributed by atoms with Crippen molar-refractivity contribution in [2.24, 2.45) is 5.73 Å². The Morgan fingerprint density at radius 3 is 2.50 bits per heavy atom. The van der Waals surface area contributed by atoms with Gasteiger partial charge < -0.3 is 20.5 Å². The van der Waals surface area contributed by atoms with E-state index in [9.17, 15) is 22.8 Å². The number of primary amides is 1. The molecule has 2 heterocycles. The topological polar surface area (TPSA) is 145 Å². The number of nitrogens with two attached hydrogens (primary N) is 1. The summed E-state index contributed by atoms with van der Waals surface area (Å²) in [7, 11) is -3.59. The number of carbonyl (C=O) groups excluding carboxylic acids is 3. The second-order valence-electron chi connectivity index (χ2n) is 6.60. The molecule has 10 nitrogen and oxygen atoms in total. The lowest BCUT2D eigenvalue weighted by Crippen LogP contribution is -2.40. The van der Waals surface area contributed by atoms with Gasteiger partial charge >= 0.3 is 5.97 Å². The highest BCUT2D eigenvalue weighted by atomic mass is 32.2. The first-order valence-corrected chi connectivity index (χ1v) is 11.8. The first kappa shape index (κ1) is 23.6. The summed E-state index contributed by atoms with van der Waals surface area (Å²) in [6.45, 7) is 0.787. The van der Waals surface area contributed by atoms with Crippen molar-refractivity contribution in [1.82, 2.24) is 4.31 Å². The second kappa shape index (κ2) is 10.5. The van der Waals surface area contributed by atoms with Crippen LogP contribution in [0.3, 0.4) is 0 Å². The lowest BCUT2D eigenvalue weighted by molar-refractivity contribution is -0.142. The molecular weight excluding hydrogens is 458 g/mol. The molecule has 0 aliphatic carbocycles. The number of nitrogens with zero attached hydrogens (tertiary/aromatic N) is 1. The Hall–Kier alpha value is -3.06. The minimum atomic E-state index is -3.59. The quantitative estimate of drug-likeness (QED) is 0.425. The predicted molar refractivity (Wildman–Crippen MR) is 117 cm³/mol. The molecule has 0 unspecified atom stereocenters. The minimum Gasteiger partial charge on any atom is -0.452 e. The van der Waals surface area contributed by atoms with Gasteiger partial charge in [-0.25, -0.2) is 13.2 Å². The number of carbonyl (C=O) groups is 3. The number of thiophene rings is 1. The number of nitrogens with one attached hydrogen (secondary N) is 1. The van der Waals surface area contributed by atoms with Crippen LogP contribution >= 0.6 is 11.3 Å². The Morgan fingerprint density at radius 1 is 1.16 bits per heavy atom. The van der Waals surface area contributed by atoms with Gasteiger partial charge in [-0.05, 0) is 35.2 Å². The summed E-state index contributed by atoms with van der Waals surface area (Å²) >= 11 is 1.12. The summed E-state index contributed by atoms with van der Waals surface area (Å²) in [5.41, 5.74) is 5.96. The van der Waals surface area contributed by atoms with Crippen molar-refractivity contribution in [1.29, 1.82) is 0 Å². The van der Waals surface area contributed by atoms with Gasteiger partial charge in [0.1, 0.15) is 5.00 Å². The number of benzene rings is 1. The summed E-state index contributed by atoms with van der Waals surface area (Å²) in [5.74, 6) is -2.05. The fraction of sp³-hybridized carbons (Fsp3) is 0.250. The van der Waals surface area contributed by atoms with Gasteiger partial charge in [0.05, 0.1) is 23.7 Å². The van der Waals surface area contributed by atoms with Gasteiger partial charge in [-0.1, -0.05) is 12.1 Å². The van der Waals surface area contributed by atoms with Gasteiger partial charge in [0.25, 0.3) is 11.8 Å². The zero-order chi connectivity index (χ0) is 23.1. The zero-order valence-electron chi connectivity index (χ0n) is 16.9. The van der Waals surface area contributed by atoms with E-state index >= 15 is 0 Å². The maximum absolute atomic E-state index is 12.6. The van der Waals surface area contributed by atoms with Crippen LogP contribution in [0.5, 0.6) is 0 Å². The number of sulfonamides is 1. The number of rotatable bonds is 8. The molecule has 2 amide bonds. The molecule has 0 spiro atoms. The normalized spacial score (nSPS) is 14.9. The van der Waals surface area contributed by atoms with E-state index in [2.05, 4.69) is 5.32 Å². The van der Waals surface area contributed by atoms with Crippen LogP contribution in [0.1, 0.15) is 15.9 Å². The highest BCUT2D eigenvalue weighted by molar-refractivity contribution is 7.89. The molecule has 0 atom stereocenters. The largest absolute Gasteiger partial charge is 0.452 e. The van der Waals surface area contributed by atoms with Crippen LogP contribution in [0.25, 0.3) is 6.08 Å². The number of hydrogen-bond donors (Lipinski definition) is 2. The highest BCUT2D eigenvalue weighted by Crippen LogP contribution is 2.22. The van der Waals surface area contributed by atoms with E-state index in [1.54, 1.807) is 17.5 Å². The van der Waals surface area contributed by atoms with Crippen LogP contribution in [-0.2, 0) is 29.1 Å². The molecule has 1 fully saturated rings. The third-order valence-corrected chi connectivity index (χ3v) is 7.17. The van der Waals surface area contributed by atoms with Gasteiger partial charge in [0.2, 0.25) is 10.0 Å². The Labute approximate surface area is 188 Å². The van der Waals surface area contributed by atoms with Gasteiger partial charge in [-0.2, -0.15) is 4.31 Å². The van der Waals surface area contributed by atoms with Gasteiger partial charge in [-0.3, -0.25) is 9.59 Å². The van der Waals surface area contributed by atoms with Crippen molar-refractivity contribution in [3.05, 3.63) is 52.9 Å². The minimum absolute atomic E-state index is 0.153. The summed E-state index contributed by atoms with van der Waals surface area (Å²) in [6.07, 6.45) is 2.56. The molecule has 32 heavy (non-hydrogen) atoms. The molecule has 3 N–H and O–H groups in total. The van der Waals surface area contributed by atoms with E-state index in [-0.39, 0.29) is 15.5 Å². The van der Waals surface area contributed by atoms with E-state index in [1.165, 1.54) is 28.6 Å². The Bertz CT molecular complexity index is 1120. The summed E-state index contributed by atoms with van der Waals surface area (Å²) in [6, 6.07) is 7.52. The maximum atomic E-state index is 12.6. The number of amides is 2. The molecule has 1 aliphatic heterocycles. The third kappa shape index (κ3) is 6.01. The summed E-state index contributed by atoms with van der Waals surface area (Å²) in [5, 5.41) is 4.34. The van der Waals surface area contributed by atoms with Gasteiger partial charge in [-0.15, -0.1) is 11.3 Å². The molecule has 1 aliphatic rings. The van der Waals surface area contributed by atoms with Crippen LogP contribution in [0.2, 0.25) is 0 Å². The van der Waals surface area contributed by atoms with Crippen molar-refractivity contribution in [3.8, 4) is 0 Å². The van der Waals surface area contributed by atoms with E-state index in [1.807, 2.05) is 0 Å². The summed E-state index contributed by atoms with van der Waals surface area (Å²) < 4.78 is 36.6. The fourth-order valence-corrected chi connectivity index (χ4v) is 5.02. The number of morpholine rings is 1. The van der Waals surface area contributed by atoms with Crippen molar-refractivity contribution < 1.29 is 32.3 Å². The fourth-order valence-electron chi connectivity index (χ4n) is 2.80. The zero-order valence-corrected chi connectivity index (χ0v) is 18.5. The number of hydrogen-bond acceptors (Lipinski definition) is 8. The molecule has 12 heteroatoms. The standard InChI is InChI=1S/C20H21N3O7S2/c21-19(26)16-7-12-31-20(16)22-17(24)13-30-18(25)6-3-14-1-4-15(5-2-14)32(27,28)23-8-10-29-11-9-23/h1-7,12H,8-11,13H2,(H2,21,26)(H,22,24). The van der Waals surface area contributed by atoms with Crippen molar-refractivity contribution >= 4 is 50.2 Å². The van der Waals surface area contributed by atoms with E-state index in [0.717, 1.165) is 17.4 Å². The monoisotopic (exact) mass is 479 g/mol. The molecule has 0 radical (unpaired) electrons. The molecule has 3 rings (SSSR count). The first-order valence-electron chi connectivity index (χ1n) is 9.47. The second-order valence-corrected chi connectivity index (χ2v) is 9.46. The lowest BCUT2D eigenvalue weighted by atomic mass is 10.2. The van der Waals surface area contributed by atoms with E-state index < -0.39 is 34.4 Å². The van der Waals surface area contributed by atoms with E-state index in [0.29, 0.717) is 31.9 Å². The summed E-state index contributed by atoms with van der Waals surface area (Å²) in [4.78, 5) is 35.2. The van der Waals surface area contributed by atoms with Gasteiger partial charge in [0, 0.05) is 19.2 Å². The van der Waals surface area contributed by atoms with Crippen molar-refractivity contribution in [2.45, 2.75) is 4.90 Å². The van der Waals surface area contributed by atoms with Crippen LogP contribution in [-0.4, -0.2) is 63.4 Å². The SMILES string of the molecule is NC(=O)c1ccsc1NC(=O)COC(=O)C=Cc1ccc(S(=O)(=O)N2CCOCC2)cc1. The maximum Gasteiger partial charge on any atom is 0.331 e. The third-order valence-electron chi connectivity index (χ3n) is 4.43. The molecule has 1 aromatic carbocycles. The number of anilines is 1. The predicted octanol–water partition coefficient (Wildman–Crippen LogP) is 1.06. The smallest absolute Gasteiger partial charge is 0.331 e. The number of ether oxygens (including phenoxy) is 2. The Kier molecular flexibility index (Phi) is 7.75.